The van der Waals surface area contributed by atoms with Crippen LogP contribution in [0, 0.1) is 0 Å². The smallest absolute Gasteiger partial charge is 0.252 e. The highest BCUT2D eigenvalue weighted by Gasteiger charge is 2.50. The van der Waals surface area contributed by atoms with Gasteiger partial charge in [0.15, 0.2) is 0 Å². The van der Waals surface area contributed by atoms with E-state index in [1.807, 2.05) is 11.3 Å². The van der Waals surface area contributed by atoms with Gasteiger partial charge in [0.1, 0.15) is 6.15 Å². The zero-order valence-corrected chi connectivity index (χ0v) is 17.2. The summed E-state index contributed by atoms with van der Waals surface area (Å²) in [5, 5.41) is 3.47. The number of halogens is 2. The second-order valence-corrected chi connectivity index (χ2v) is 9.59. The molecule has 0 saturated carbocycles. The average molecular weight is 395 g/mol. The van der Waals surface area contributed by atoms with Crippen LogP contribution in [0.25, 0.3) is 6.08 Å². The van der Waals surface area contributed by atoms with Gasteiger partial charge in [-0.05, 0) is 34.6 Å². The van der Waals surface area contributed by atoms with E-state index in [0.29, 0.717) is 10.3 Å². The van der Waals surface area contributed by atoms with Crippen LogP contribution in [0.2, 0.25) is 21.9 Å². The Labute approximate surface area is 164 Å². The summed E-state index contributed by atoms with van der Waals surface area (Å²) < 4.78 is 4.30. The van der Waals surface area contributed by atoms with Gasteiger partial charge in [-0.2, -0.15) is 11.6 Å². The molecule has 2 bridgehead atoms. The van der Waals surface area contributed by atoms with Crippen LogP contribution in [-0.2, 0) is 14.1 Å². The second-order valence-electron chi connectivity index (χ2n) is 7.89. The normalized spacial score (nSPS) is 29.4. The van der Waals surface area contributed by atoms with E-state index in [-0.39, 0.29) is 0 Å². The van der Waals surface area contributed by atoms with Gasteiger partial charge in [-0.1, -0.05) is 50.7 Å². The lowest BCUT2D eigenvalue weighted by atomic mass is 9.08. The Morgan fingerprint density at radius 2 is 1.84 bits per heavy atom. The first-order valence-electron chi connectivity index (χ1n) is 9.36. The Hall–Kier alpha value is -0.705. The Bertz CT molecular complexity index is 749. The van der Waals surface area contributed by atoms with Gasteiger partial charge in [0, 0.05) is 4.88 Å². The summed E-state index contributed by atoms with van der Waals surface area (Å²) in [6, 6.07) is 4.33. The van der Waals surface area contributed by atoms with Crippen LogP contribution >= 0.6 is 34.5 Å². The van der Waals surface area contributed by atoms with Gasteiger partial charge in [-0.15, -0.1) is 11.3 Å². The van der Waals surface area contributed by atoms with Crippen molar-refractivity contribution >= 4 is 52.5 Å². The lowest BCUT2D eigenvalue weighted by molar-refractivity contribution is -0.651. The number of rotatable bonds is 3. The van der Waals surface area contributed by atoms with Gasteiger partial charge in [-0.3, -0.25) is 9.13 Å². The zero-order chi connectivity index (χ0) is 17.6. The third kappa shape index (κ3) is 2.72. The number of nitrogens with zero attached hydrogens (tertiary/aromatic N) is 2. The van der Waals surface area contributed by atoms with Crippen molar-refractivity contribution in [3.05, 3.63) is 38.7 Å². The number of fused-ring (bicyclic) bond motifs is 2. The van der Waals surface area contributed by atoms with Crippen molar-refractivity contribution in [3.63, 3.8) is 0 Å². The molecule has 4 rings (SSSR count). The number of imidazole rings is 1. The maximum absolute atomic E-state index is 6.54. The lowest BCUT2D eigenvalue weighted by Crippen LogP contribution is -2.69. The fourth-order valence-electron chi connectivity index (χ4n) is 5.90. The fraction of sp³-hybridized carbons (Fsp3) is 0.526. The quantitative estimate of drug-likeness (QED) is 0.497. The molecule has 0 amide bonds. The van der Waals surface area contributed by atoms with Gasteiger partial charge in [0.2, 0.25) is 0 Å². The van der Waals surface area contributed by atoms with Crippen LogP contribution in [0.1, 0.15) is 43.4 Å². The van der Waals surface area contributed by atoms with Gasteiger partial charge in [0.25, 0.3) is 10.3 Å². The Balaban J connectivity index is 1.92. The van der Waals surface area contributed by atoms with Crippen LogP contribution in [-0.4, -0.2) is 10.7 Å². The Morgan fingerprint density at radius 3 is 2.32 bits per heavy atom. The summed E-state index contributed by atoms with van der Waals surface area (Å²) in [7, 11) is 4.16. The monoisotopic (exact) mass is 394 g/mol. The molecular formula is C19H25BCl2N2S. The minimum atomic E-state index is -0.829. The number of hydrogen-bond acceptors (Lipinski definition) is 1. The van der Waals surface area contributed by atoms with Gasteiger partial charge >= 0.3 is 0 Å². The van der Waals surface area contributed by atoms with Gasteiger partial charge < -0.3 is 0 Å². The van der Waals surface area contributed by atoms with Gasteiger partial charge in [-0.25, -0.2) is 5.98 Å². The molecule has 2 aromatic heterocycles. The largest absolute Gasteiger partial charge is 0.256 e. The Kier molecular flexibility index (Phi) is 4.81. The number of aromatic nitrogens is 2. The molecule has 2 aliphatic rings. The predicted molar refractivity (Wildman–Crippen MR) is 111 cm³/mol. The van der Waals surface area contributed by atoms with Crippen LogP contribution in [0.4, 0.5) is 0 Å². The molecule has 0 unspecified atom stereocenters. The van der Waals surface area contributed by atoms with Crippen molar-refractivity contribution in [3.8, 4) is 0 Å². The summed E-state index contributed by atoms with van der Waals surface area (Å²) in [6.07, 6.45) is 9.55. The second kappa shape index (κ2) is 6.79. The van der Waals surface area contributed by atoms with Crippen molar-refractivity contribution < 1.29 is 4.57 Å². The molecule has 2 fully saturated rings. The first kappa shape index (κ1) is 17.7. The molecule has 2 nitrogen and oxygen atoms in total. The van der Waals surface area contributed by atoms with E-state index in [1.165, 1.54) is 49.1 Å². The van der Waals surface area contributed by atoms with E-state index < -0.39 is 6.15 Å². The maximum Gasteiger partial charge on any atom is 0.252 e. The number of thiophene rings is 1. The molecule has 4 heterocycles. The summed E-state index contributed by atoms with van der Waals surface area (Å²) in [5.74, 6) is 4.02. The minimum Gasteiger partial charge on any atom is -0.256 e. The Morgan fingerprint density at radius 1 is 1.20 bits per heavy atom. The maximum atomic E-state index is 6.54. The molecule has 0 atom stereocenters. The number of hydrogen-bond donors (Lipinski definition) is 0. The van der Waals surface area contributed by atoms with E-state index >= 15 is 0 Å². The van der Waals surface area contributed by atoms with Crippen LogP contribution in [0.5, 0.6) is 0 Å². The molecule has 0 spiro atoms. The highest BCUT2D eigenvalue weighted by molar-refractivity contribution is 7.11. The summed E-state index contributed by atoms with van der Waals surface area (Å²) in [6.45, 7) is 0. The molecular weight excluding hydrogens is 370 g/mol. The van der Waals surface area contributed by atoms with Crippen molar-refractivity contribution in [1.82, 2.24) is 4.57 Å². The summed E-state index contributed by atoms with van der Waals surface area (Å²) in [4.78, 5) is 1.33. The van der Waals surface area contributed by atoms with Crippen molar-refractivity contribution in [2.45, 2.75) is 50.2 Å². The SMILES string of the molecule is Cn1c(Cl)c(Cl)[n+](C)c1[B-]1(/C=C\c2cccs2)C2CCCC1CCC2. The third-order valence-electron chi connectivity index (χ3n) is 6.88. The van der Waals surface area contributed by atoms with E-state index in [4.69, 9.17) is 23.2 Å². The fourth-order valence-corrected chi connectivity index (χ4v) is 6.95. The summed E-state index contributed by atoms with van der Waals surface area (Å²) in [5.41, 5.74) is 1.33. The van der Waals surface area contributed by atoms with E-state index in [0.717, 1.165) is 11.6 Å². The van der Waals surface area contributed by atoms with Gasteiger partial charge in [0.05, 0.1) is 19.8 Å². The van der Waals surface area contributed by atoms with E-state index in [2.05, 4.69) is 52.8 Å². The highest BCUT2D eigenvalue weighted by atomic mass is 35.5. The summed E-state index contributed by atoms with van der Waals surface area (Å²) >= 11 is 14.9. The van der Waals surface area contributed by atoms with Crippen LogP contribution in [0.3, 0.4) is 0 Å². The topological polar surface area (TPSA) is 8.81 Å². The minimum absolute atomic E-state index is 0.661. The predicted octanol–water partition coefficient (Wildman–Crippen LogP) is 5.23. The first-order chi connectivity index (χ1) is 12.1. The molecule has 0 N–H and O–H groups in total. The van der Waals surface area contributed by atoms with Crippen LogP contribution < -0.4 is 10.3 Å². The van der Waals surface area contributed by atoms with Crippen molar-refractivity contribution in [1.29, 1.82) is 0 Å². The molecule has 0 radical (unpaired) electrons. The lowest BCUT2D eigenvalue weighted by Gasteiger charge is -2.55. The third-order valence-corrected chi connectivity index (χ3v) is 8.67. The average Bonchev–Trinajstić information content (AvgIpc) is 3.17. The molecule has 25 heavy (non-hydrogen) atoms. The zero-order valence-electron chi connectivity index (χ0n) is 14.9. The first-order valence-corrected chi connectivity index (χ1v) is 11.0. The van der Waals surface area contributed by atoms with Crippen molar-refractivity contribution in [2.75, 3.05) is 0 Å². The molecule has 6 heteroatoms. The standard InChI is InChI=1S/C19H25BCl2N2S/c1-23-17(21)18(22)24(2)19(23)20(12-11-16-10-5-13-25-16)14-6-3-7-15(20)9-4-8-14/h5,10-15H,3-4,6-9H2,1-2H3/b12-11-. The van der Waals surface area contributed by atoms with Crippen LogP contribution in [0.15, 0.2) is 23.5 Å². The molecule has 134 valence electrons. The highest BCUT2D eigenvalue weighted by Crippen LogP contribution is 2.53. The molecule has 0 aliphatic carbocycles. The van der Waals surface area contributed by atoms with Crippen molar-refractivity contribution in [2.24, 2.45) is 14.1 Å². The van der Waals surface area contributed by atoms with E-state index in [1.54, 1.807) is 0 Å². The molecule has 0 aromatic carbocycles. The van der Waals surface area contributed by atoms with E-state index in [9.17, 15) is 0 Å². The molecule has 2 aliphatic heterocycles. The molecule has 2 saturated heterocycles. The molecule has 2 aromatic rings.